The third-order valence-electron chi connectivity index (χ3n) is 2.13. The maximum Gasteiger partial charge on any atom is 0.220 e. The smallest absolute Gasteiger partial charge is 0.220 e. The highest BCUT2D eigenvalue weighted by Gasteiger charge is 2.12. The van der Waals surface area contributed by atoms with Crippen molar-refractivity contribution >= 4 is 5.91 Å². The number of carbonyl (C=O) groups excluding carboxylic acids is 1. The van der Waals surface area contributed by atoms with E-state index in [0.717, 1.165) is 6.07 Å². The Balaban J connectivity index is 2.82. The molecule has 0 bridgehead atoms. The first kappa shape index (κ1) is 11.6. The van der Waals surface area contributed by atoms with Gasteiger partial charge in [-0.3, -0.25) is 4.79 Å². The molecule has 1 N–H and O–H groups in total. The molecule has 0 aliphatic heterocycles. The van der Waals surface area contributed by atoms with Gasteiger partial charge in [0.2, 0.25) is 5.91 Å². The van der Waals surface area contributed by atoms with E-state index in [2.05, 4.69) is 5.32 Å². The molecule has 1 aromatic carbocycles. The second kappa shape index (κ2) is 4.87. The normalized spacial score (nSPS) is 12.3. The summed E-state index contributed by atoms with van der Waals surface area (Å²) in [6, 6.07) is 2.88. The molecule has 1 aromatic rings. The van der Waals surface area contributed by atoms with Gasteiger partial charge < -0.3 is 5.32 Å². The molecule has 0 heterocycles. The van der Waals surface area contributed by atoms with Crippen LogP contribution in [0.15, 0.2) is 18.2 Å². The molecule has 0 spiro atoms. The molecule has 0 radical (unpaired) electrons. The van der Waals surface area contributed by atoms with Crippen LogP contribution in [0.5, 0.6) is 0 Å². The number of halogens is 2. The molecule has 0 saturated heterocycles. The van der Waals surface area contributed by atoms with E-state index in [4.69, 9.17) is 0 Å². The second-order valence-corrected chi connectivity index (χ2v) is 3.31. The Morgan fingerprint density at radius 1 is 1.47 bits per heavy atom. The van der Waals surface area contributed by atoms with E-state index in [1.807, 2.05) is 0 Å². The van der Waals surface area contributed by atoms with E-state index >= 15 is 0 Å². The second-order valence-electron chi connectivity index (χ2n) is 3.31. The Morgan fingerprint density at radius 2 is 2.13 bits per heavy atom. The minimum Gasteiger partial charge on any atom is -0.349 e. The van der Waals surface area contributed by atoms with E-state index < -0.39 is 17.7 Å². The molecule has 15 heavy (non-hydrogen) atoms. The van der Waals surface area contributed by atoms with Gasteiger partial charge in [-0.25, -0.2) is 8.78 Å². The van der Waals surface area contributed by atoms with Crippen molar-refractivity contribution < 1.29 is 13.6 Å². The number of rotatable bonds is 3. The zero-order valence-electron chi connectivity index (χ0n) is 8.68. The number of hydrogen-bond donors (Lipinski definition) is 1. The summed E-state index contributed by atoms with van der Waals surface area (Å²) in [5.41, 5.74) is 0.290. The van der Waals surface area contributed by atoms with Crippen LogP contribution in [0.2, 0.25) is 0 Å². The molecule has 1 atom stereocenters. The quantitative estimate of drug-likeness (QED) is 0.821. The fraction of sp³-hybridized carbons (Fsp3) is 0.364. The molecule has 0 aromatic heterocycles. The average molecular weight is 213 g/mol. The standard InChI is InChI=1S/C11H13F2NO/c1-3-11(15)14-7(2)9-5-4-8(12)6-10(9)13/h4-7H,3H2,1-2H3,(H,14,15). The van der Waals surface area contributed by atoms with Crippen molar-refractivity contribution in [3.63, 3.8) is 0 Å². The summed E-state index contributed by atoms with van der Waals surface area (Å²) in [6.45, 7) is 3.37. The predicted octanol–water partition coefficient (Wildman–Crippen LogP) is 2.55. The van der Waals surface area contributed by atoms with Gasteiger partial charge in [-0.15, -0.1) is 0 Å². The van der Waals surface area contributed by atoms with Gasteiger partial charge in [0.1, 0.15) is 11.6 Å². The van der Waals surface area contributed by atoms with Crippen molar-refractivity contribution in [2.45, 2.75) is 26.3 Å². The SMILES string of the molecule is CCC(=O)NC(C)c1ccc(F)cc1F. The fourth-order valence-electron chi connectivity index (χ4n) is 1.27. The lowest BCUT2D eigenvalue weighted by molar-refractivity contribution is -0.121. The van der Waals surface area contributed by atoms with Crippen LogP contribution in [0, 0.1) is 11.6 Å². The number of nitrogens with one attached hydrogen (secondary N) is 1. The number of carbonyl (C=O) groups is 1. The Morgan fingerprint density at radius 3 is 2.67 bits per heavy atom. The third-order valence-corrected chi connectivity index (χ3v) is 2.13. The summed E-state index contributed by atoms with van der Waals surface area (Å²) >= 11 is 0. The van der Waals surface area contributed by atoms with Crippen molar-refractivity contribution in [2.75, 3.05) is 0 Å². The van der Waals surface area contributed by atoms with E-state index in [1.54, 1.807) is 13.8 Å². The summed E-state index contributed by atoms with van der Waals surface area (Å²) in [5, 5.41) is 2.60. The maximum atomic E-state index is 13.3. The monoisotopic (exact) mass is 213 g/mol. The van der Waals surface area contributed by atoms with Crippen molar-refractivity contribution in [2.24, 2.45) is 0 Å². The lowest BCUT2D eigenvalue weighted by Gasteiger charge is -2.14. The highest BCUT2D eigenvalue weighted by atomic mass is 19.1. The predicted molar refractivity (Wildman–Crippen MR) is 53.2 cm³/mol. The van der Waals surface area contributed by atoms with Crippen molar-refractivity contribution in [1.29, 1.82) is 0 Å². The Labute approximate surface area is 87.3 Å². The topological polar surface area (TPSA) is 29.1 Å². The number of amides is 1. The summed E-state index contributed by atoms with van der Waals surface area (Å²) in [7, 11) is 0. The largest absolute Gasteiger partial charge is 0.349 e. The van der Waals surface area contributed by atoms with Crippen molar-refractivity contribution in [3.05, 3.63) is 35.4 Å². The van der Waals surface area contributed by atoms with Gasteiger partial charge >= 0.3 is 0 Å². The Hall–Kier alpha value is -1.45. The molecule has 1 unspecified atom stereocenters. The van der Waals surface area contributed by atoms with Crippen LogP contribution in [0.3, 0.4) is 0 Å². The third kappa shape index (κ3) is 3.01. The zero-order chi connectivity index (χ0) is 11.4. The molecule has 0 aliphatic carbocycles. The van der Waals surface area contributed by atoms with Crippen LogP contribution in [0.4, 0.5) is 8.78 Å². The number of benzene rings is 1. The molecule has 4 heteroatoms. The van der Waals surface area contributed by atoms with Gasteiger partial charge in [0.25, 0.3) is 0 Å². The molecule has 2 nitrogen and oxygen atoms in total. The van der Waals surface area contributed by atoms with E-state index in [0.29, 0.717) is 12.0 Å². The van der Waals surface area contributed by atoms with Crippen molar-refractivity contribution in [1.82, 2.24) is 5.32 Å². The van der Waals surface area contributed by atoms with Gasteiger partial charge in [0.05, 0.1) is 6.04 Å². The van der Waals surface area contributed by atoms with Crippen LogP contribution < -0.4 is 5.32 Å². The van der Waals surface area contributed by atoms with E-state index in [-0.39, 0.29) is 5.91 Å². The molecule has 0 fully saturated rings. The molecule has 1 rings (SSSR count). The summed E-state index contributed by atoms with van der Waals surface area (Å²) in [4.78, 5) is 11.1. The van der Waals surface area contributed by atoms with E-state index in [9.17, 15) is 13.6 Å². The fourth-order valence-corrected chi connectivity index (χ4v) is 1.27. The van der Waals surface area contributed by atoms with Gasteiger partial charge in [0.15, 0.2) is 0 Å². The molecule has 0 aliphatic rings. The molecular formula is C11H13F2NO. The summed E-state index contributed by atoms with van der Waals surface area (Å²) in [5.74, 6) is -1.42. The lowest BCUT2D eigenvalue weighted by atomic mass is 10.1. The zero-order valence-corrected chi connectivity index (χ0v) is 8.68. The summed E-state index contributed by atoms with van der Waals surface area (Å²) in [6.07, 6.45) is 0.340. The van der Waals surface area contributed by atoms with Gasteiger partial charge in [-0.05, 0) is 13.0 Å². The first-order chi connectivity index (χ1) is 7.04. The van der Waals surface area contributed by atoms with Gasteiger partial charge in [-0.2, -0.15) is 0 Å². The average Bonchev–Trinajstić information content (AvgIpc) is 2.17. The highest BCUT2D eigenvalue weighted by Crippen LogP contribution is 2.17. The molecule has 82 valence electrons. The first-order valence-electron chi connectivity index (χ1n) is 4.79. The molecule has 0 saturated carbocycles. The van der Waals surface area contributed by atoms with Crippen molar-refractivity contribution in [3.8, 4) is 0 Å². The number of hydrogen-bond acceptors (Lipinski definition) is 1. The molecular weight excluding hydrogens is 200 g/mol. The van der Waals surface area contributed by atoms with Crippen LogP contribution in [0.1, 0.15) is 31.9 Å². The minimum atomic E-state index is -0.640. The summed E-state index contributed by atoms with van der Waals surface area (Å²) < 4.78 is 25.9. The van der Waals surface area contributed by atoms with E-state index in [1.165, 1.54) is 12.1 Å². The van der Waals surface area contributed by atoms with Gasteiger partial charge in [0, 0.05) is 18.1 Å². The lowest BCUT2D eigenvalue weighted by Crippen LogP contribution is -2.26. The Kier molecular flexibility index (Phi) is 3.77. The first-order valence-corrected chi connectivity index (χ1v) is 4.79. The minimum absolute atomic E-state index is 0.161. The van der Waals surface area contributed by atoms with Gasteiger partial charge in [-0.1, -0.05) is 13.0 Å². The van der Waals surface area contributed by atoms with Crippen LogP contribution in [-0.4, -0.2) is 5.91 Å². The Bertz CT molecular complexity index is 366. The van der Waals surface area contributed by atoms with Crippen LogP contribution in [0.25, 0.3) is 0 Å². The molecule has 1 amide bonds. The van der Waals surface area contributed by atoms with Crippen LogP contribution >= 0.6 is 0 Å². The highest BCUT2D eigenvalue weighted by molar-refractivity contribution is 5.75. The maximum absolute atomic E-state index is 13.3. The van der Waals surface area contributed by atoms with Crippen LogP contribution in [-0.2, 0) is 4.79 Å².